The van der Waals surface area contributed by atoms with Gasteiger partial charge in [-0.05, 0) is 25.2 Å². The predicted molar refractivity (Wildman–Crippen MR) is 72.8 cm³/mol. The quantitative estimate of drug-likeness (QED) is 0.466. The summed E-state index contributed by atoms with van der Waals surface area (Å²) in [7, 11) is -3.68. The number of nitrogens with one attached hydrogen (secondary N) is 2. The summed E-state index contributed by atoms with van der Waals surface area (Å²) in [6.07, 6.45) is 1.69. The molecule has 0 radical (unpaired) electrons. The number of carbonyl (C=O) groups is 1. The van der Waals surface area contributed by atoms with E-state index in [4.69, 9.17) is 5.14 Å². The predicted octanol–water partition coefficient (Wildman–Crippen LogP) is -2.26. The van der Waals surface area contributed by atoms with Gasteiger partial charge in [0.25, 0.3) is 10.2 Å². The van der Waals surface area contributed by atoms with Gasteiger partial charge in [0.1, 0.15) is 0 Å². The van der Waals surface area contributed by atoms with Crippen molar-refractivity contribution in [1.29, 1.82) is 0 Å². The molecule has 3 unspecified atom stereocenters. The Labute approximate surface area is 118 Å². The van der Waals surface area contributed by atoms with Gasteiger partial charge in [-0.3, -0.25) is 4.79 Å². The average molecular weight is 306 g/mol. The minimum Gasteiger partial charge on any atom is -0.392 e. The van der Waals surface area contributed by atoms with Gasteiger partial charge in [-0.1, -0.05) is 0 Å². The number of aliphatic hydroxyl groups is 1. The van der Waals surface area contributed by atoms with Crippen molar-refractivity contribution in [2.24, 2.45) is 11.1 Å². The average Bonchev–Trinajstić information content (AvgIpc) is 2.82. The van der Waals surface area contributed by atoms with Gasteiger partial charge in [0.15, 0.2) is 0 Å². The number of hydrogen-bond acceptors (Lipinski definition) is 5. The highest BCUT2D eigenvalue weighted by Gasteiger charge is 2.33. The van der Waals surface area contributed by atoms with Gasteiger partial charge < -0.3 is 15.3 Å². The normalized spacial score (nSPS) is 31.5. The van der Waals surface area contributed by atoms with E-state index in [-0.39, 0.29) is 24.4 Å². The summed E-state index contributed by atoms with van der Waals surface area (Å²) in [5, 5.41) is 17.4. The van der Waals surface area contributed by atoms with Crippen LogP contribution in [0.1, 0.15) is 19.3 Å². The Bertz CT molecular complexity index is 455. The number of nitrogens with two attached hydrogens (primary N) is 1. The number of carbonyl (C=O) groups excluding carboxylic acids is 1. The SMILES string of the molecule is NS(=O)(=O)NCC1CCCN(C(=O)C2CC(O)CN2)C1. The Morgan fingerprint density at radius 3 is 2.85 bits per heavy atom. The molecule has 9 heteroatoms. The standard InChI is InChI=1S/C11H22N4O4S/c12-20(18,19)14-5-8-2-1-3-15(7-8)11(17)10-4-9(16)6-13-10/h8-10,13-14,16H,1-7H2,(H2,12,18,19). The minimum atomic E-state index is -3.68. The first kappa shape index (κ1) is 15.6. The van der Waals surface area contributed by atoms with Gasteiger partial charge in [-0.2, -0.15) is 8.42 Å². The van der Waals surface area contributed by atoms with Gasteiger partial charge >= 0.3 is 0 Å². The maximum atomic E-state index is 12.3. The molecular weight excluding hydrogens is 284 g/mol. The van der Waals surface area contributed by atoms with E-state index in [9.17, 15) is 18.3 Å². The van der Waals surface area contributed by atoms with Crippen molar-refractivity contribution >= 4 is 16.1 Å². The molecule has 0 aliphatic carbocycles. The zero-order chi connectivity index (χ0) is 14.8. The fourth-order valence-electron chi connectivity index (χ4n) is 2.79. The van der Waals surface area contributed by atoms with Crippen LogP contribution in [0.2, 0.25) is 0 Å². The van der Waals surface area contributed by atoms with E-state index in [2.05, 4.69) is 10.0 Å². The van der Waals surface area contributed by atoms with Gasteiger partial charge in [0.2, 0.25) is 5.91 Å². The monoisotopic (exact) mass is 306 g/mol. The Hall–Kier alpha value is -0.740. The Balaban J connectivity index is 1.85. The maximum Gasteiger partial charge on any atom is 0.274 e. The molecule has 2 heterocycles. The zero-order valence-corrected chi connectivity index (χ0v) is 12.1. The number of piperidine rings is 1. The lowest BCUT2D eigenvalue weighted by atomic mass is 9.97. The van der Waals surface area contributed by atoms with Gasteiger partial charge in [-0.25, -0.2) is 9.86 Å². The highest BCUT2D eigenvalue weighted by Crippen LogP contribution is 2.18. The summed E-state index contributed by atoms with van der Waals surface area (Å²) in [5.41, 5.74) is 0. The van der Waals surface area contributed by atoms with Crippen LogP contribution >= 0.6 is 0 Å². The number of hydrogen-bond donors (Lipinski definition) is 4. The number of amides is 1. The van der Waals surface area contributed by atoms with Crippen LogP contribution in [-0.4, -0.2) is 62.7 Å². The molecule has 5 N–H and O–H groups in total. The van der Waals surface area contributed by atoms with Crippen molar-refractivity contribution in [3.05, 3.63) is 0 Å². The molecule has 0 saturated carbocycles. The highest BCUT2D eigenvalue weighted by atomic mass is 32.2. The summed E-state index contributed by atoms with van der Waals surface area (Å²) < 4.78 is 24.0. The lowest BCUT2D eigenvalue weighted by Gasteiger charge is -2.34. The molecule has 0 aromatic carbocycles. The summed E-state index contributed by atoms with van der Waals surface area (Å²) in [4.78, 5) is 14.0. The third kappa shape index (κ3) is 4.38. The largest absolute Gasteiger partial charge is 0.392 e. The van der Waals surface area contributed by atoms with E-state index in [1.807, 2.05) is 0 Å². The summed E-state index contributed by atoms with van der Waals surface area (Å²) >= 11 is 0. The molecule has 20 heavy (non-hydrogen) atoms. The van der Waals surface area contributed by atoms with E-state index < -0.39 is 16.3 Å². The van der Waals surface area contributed by atoms with E-state index in [0.29, 0.717) is 26.1 Å². The van der Waals surface area contributed by atoms with Gasteiger partial charge in [-0.15, -0.1) is 0 Å². The van der Waals surface area contributed by atoms with Crippen molar-refractivity contribution in [3.8, 4) is 0 Å². The van der Waals surface area contributed by atoms with Crippen LogP contribution < -0.4 is 15.2 Å². The molecule has 1 amide bonds. The van der Waals surface area contributed by atoms with Crippen molar-refractivity contribution in [2.45, 2.75) is 31.4 Å². The van der Waals surface area contributed by atoms with Crippen molar-refractivity contribution in [2.75, 3.05) is 26.2 Å². The molecule has 0 spiro atoms. The topological polar surface area (TPSA) is 125 Å². The first-order chi connectivity index (χ1) is 9.35. The molecule has 0 bridgehead atoms. The maximum absolute atomic E-state index is 12.3. The molecule has 2 aliphatic heterocycles. The minimum absolute atomic E-state index is 0.0122. The summed E-state index contributed by atoms with van der Waals surface area (Å²) in [5.74, 6) is 0.0687. The highest BCUT2D eigenvalue weighted by molar-refractivity contribution is 7.87. The second-order valence-corrected chi connectivity index (χ2v) is 6.92. The number of aliphatic hydroxyl groups excluding tert-OH is 1. The van der Waals surface area contributed by atoms with Crippen LogP contribution in [0.5, 0.6) is 0 Å². The van der Waals surface area contributed by atoms with Crippen molar-refractivity contribution < 1.29 is 18.3 Å². The van der Waals surface area contributed by atoms with Crippen molar-refractivity contribution in [1.82, 2.24) is 14.9 Å². The third-order valence-electron chi connectivity index (χ3n) is 3.81. The van der Waals surface area contributed by atoms with Gasteiger partial charge in [0, 0.05) is 26.2 Å². The molecule has 2 aliphatic rings. The van der Waals surface area contributed by atoms with E-state index >= 15 is 0 Å². The molecule has 3 atom stereocenters. The number of β-amino-alcohol motifs (C(OH)–C–C–N with tert-alkyl or cyclic N) is 1. The molecule has 0 aromatic rings. The first-order valence-corrected chi connectivity index (χ1v) is 8.37. The summed E-state index contributed by atoms with van der Waals surface area (Å²) in [6.45, 7) is 1.90. The van der Waals surface area contributed by atoms with E-state index in [1.54, 1.807) is 4.90 Å². The Morgan fingerprint density at radius 2 is 2.25 bits per heavy atom. The molecule has 8 nitrogen and oxygen atoms in total. The molecule has 2 rings (SSSR count). The second kappa shape index (κ2) is 6.35. The van der Waals surface area contributed by atoms with Crippen molar-refractivity contribution in [3.63, 3.8) is 0 Å². The number of nitrogens with zero attached hydrogens (tertiary/aromatic N) is 1. The second-order valence-electron chi connectivity index (χ2n) is 5.54. The Kier molecular flexibility index (Phi) is 4.97. The molecule has 0 aromatic heterocycles. The van der Waals surface area contributed by atoms with Crippen LogP contribution in [0.4, 0.5) is 0 Å². The molecule has 2 fully saturated rings. The fraction of sp³-hybridized carbons (Fsp3) is 0.909. The summed E-state index contributed by atoms with van der Waals surface area (Å²) in [6, 6.07) is -0.324. The molecular formula is C11H22N4O4S. The third-order valence-corrected chi connectivity index (χ3v) is 4.38. The fourth-order valence-corrected chi connectivity index (χ4v) is 3.26. The van der Waals surface area contributed by atoms with E-state index in [1.165, 1.54) is 0 Å². The van der Waals surface area contributed by atoms with E-state index in [0.717, 1.165) is 12.8 Å². The van der Waals surface area contributed by atoms with Gasteiger partial charge in [0.05, 0.1) is 12.1 Å². The van der Waals surface area contributed by atoms with Crippen LogP contribution in [0.3, 0.4) is 0 Å². The number of rotatable bonds is 4. The smallest absolute Gasteiger partial charge is 0.274 e. The molecule has 2 saturated heterocycles. The van der Waals surface area contributed by atoms with Crippen LogP contribution in [0.25, 0.3) is 0 Å². The first-order valence-electron chi connectivity index (χ1n) is 6.83. The van der Waals surface area contributed by atoms with Crippen LogP contribution in [-0.2, 0) is 15.0 Å². The van der Waals surface area contributed by atoms with Crippen LogP contribution in [0.15, 0.2) is 0 Å². The lowest BCUT2D eigenvalue weighted by Crippen LogP contribution is -2.49. The molecule has 116 valence electrons. The Morgan fingerprint density at radius 1 is 1.50 bits per heavy atom. The lowest BCUT2D eigenvalue weighted by molar-refractivity contribution is -0.135. The van der Waals surface area contributed by atoms with Crippen LogP contribution in [0, 0.1) is 5.92 Å². The number of likely N-dealkylation sites (tertiary alicyclic amines) is 1. The zero-order valence-electron chi connectivity index (χ0n) is 11.3.